The second kappa shape index (κ2) is 7.19. The summed E-state index contributed by atoms with van der Waals surface area (Å²) in [4.78, 5) is 12.0. The molecule has 0 bridgehead atoms. The standard InChI is InChI=1S/C12H13Br2F2NO2/c1-12(6-13,7-14)17-10(18)8-3-2-4-9(5-8)19-11(15)16/h2-5,11H,6-7H2,1H3,(H,17,18). The average molecular weight is 401 g/mol. The number of ether oxygens (including phenoxy) is 1. The fraction of sp³-hybridized carbons (Fsp3) is 0.417. The summed E-state index contributed by atoms with van der Waals surface area (Å²) in [7, 11) is 0. The first-order valence-corrected chi connectivity index (χ1v) is 7.64. The second-order valence-corrected chi connectivity index (χ2v) is 5.31. The molecule has 0 radical (unpaired) electrons. The highest BCUT2D eigenvalue weighted by Gasteiger charge is 2.24. The lowest BCUT2D eigenvalue weighted by Gasteiger charge is -2.26. The number of nitrogens with one attached hydrogen (secondary N) is 1. The second-order valence-electron chi connectivity index (χ2n) is 4.19. The van der Waals surface area contributed by atoms with Crippen molar-refractivity contribution in [2.75, 3.05) is 10.7 Å². The lowest BCUT2D eigenvalue weighted by atomic mass is 10.1. The predicted octanol–water partition coefficient (Wildman–Crippen LogP) is 3.57. The first kappa shape index (κ1) is 16.4. The van der Waals surface area contributed by atoms with Gasteiger partial charge in [-0.25, -0.2) is 0 Å². The fourth-order valence-electron chi connectivity index (χ4n) is 1.26. The molecule has 0 spiro atoms. The molecule has 0 heterocycles. The Balaban J connectivity index is 2.82. The normalized spacial score (nSPS) is 11.5. The van der Waals surface area contributed by atoms with Crippen LogP contribution in [0, 0.1) is 0 Å². The summed E-state index contributed by atoms with van der Waals surface area (Å²) in [5, 5.41) is 3.93. The molecule has 1 aromatic rings. The van der Waals surface area contributed by atoms with E-state index >= 15 is 0 Å². The van der Waals surface area contributed by atoms with E-state index in [1.165, 1.54) is 24.3 Å². The van der Waals surface area contributed by atoms with Gasteiger partial charge in [0.15, 0.2) is 0 Å². The van der Waals surface area contributed by atoms with Crippen LogP contribution in [0.2, 0.25) is 0 Å². The van der Waals surface area contributed by atoms with Gasteiger partial charge in [-0.1, -0.05) is 37.9 Å². The molecule has 3 nitrogen and oxygen atoms in total. The number of carbonyl (C=O) groups is 1. The van der Waals surface area contributed by atoms with Crippen molar-refractivity contribution in [3.05, 3.63) is 29.8 Å². The van der Waals surface area contributed by atoms with Gasteiger partial charge in [-0.15, -0.1) is 0 Å². The summed E-state index contributed by atoms with van der Waals surface area (Å²) in [5.41, 5.74) is -0.192. The first-order chi connectivity index (χ1) is 8.90. The molecule has 1 rings (SSSR count). The maximum atomic E-state index is 12.1. The zero-order valence-electron chi connectivity index (χ0n) is 10.1. The quantitative estimate of drug-likeness (QED) is 0.741. The van der Waals surface area contributed by atoms with Gasteiger partial charge >= 0.3 is 6.61 Å². The SMILES string of the molecule is CC(CBr)(CBr)NC(=O)c1cccc(OC(F)F)c1. The number of hydrogen-bond donors (Lipinski definition) is 1. The summed E-state index contributed by atoms with van der Waals surface area (Å²) >= 11 is 6.62. The number of hydrogen-bond acceptors (Lipinski definition) is 2. The van der Waals surface area contributed by atoms with Crippen molar-refractivity contribution in [2.24, 2.45) is 0 Å². The summed E-state index contributed by atoms with van der Waals surface area (Å²) in [6.45, 7) is -1.05. The molecule has 0 aliphatic carbocycles. The van der Waals surface area contributed by atoms with Crippen LogP contribution in [-0.2, 0) is 0 Å². The van der Waals surface area contributed by atoms with Gasteiger partial charge in [0.25, 0.3) is 5.91 Å². The van der Waals surface area contributed by atoms with Gasteiger partial charge in [-0.2, -0.15) is 8.78 Å². The number of halogens is 4. The summed E-state index contributed by atoms with van der Waals surface area (Å²) in [6, 6.07) is 5.68. The predicted molar refractivity (Wildman–Crippen MR) is 76.5 cm³/mol. The molecule has 0 atom stereocenters. The maximum Gasteiger partial charge on any atom is 0.387 e. The third kappa shape index (κ3) is 5.06. The molecule has 1 N–H and O–H groups in total. The minimum Gasteiger partial charge on any atom is -0.435 e. The Hall–Kier alpha value is -0.690. The molecular formula is C12H13Br2F2NO2. The highest BCUT2D eigenvalue weighted by molar-refractivity contribution is 9.09. The summed E-state index contributed by atoms with van der Waals surface area (Å²) in [5.74, 6) is -0.386. The van der Waals surface area contributed by atoms with Crippen LogP contribution in [0.25, 0.3) is 0 Å². The van der Waals surface area contributed by atoms with Crippen LogP contribution in [0.3, 0.4) is 0 Å². The summed E-state index contributed by atoms with van der Waals surface area (Å²) < 4.78 is 28.5. The van der Waals surface area contributed by atoms with E-state index in [1.54, 1.807) is 0 Å². The van der Waals surface area contributed by atoms with Gasteiger partial charge in [0.05, 0.1) is 5.54 Å². The Labute approximate surface area is 127 Å². The number of benzene rings is 1. The van der Waals surface area contributed by atoms with Crippen molar-refractivity contribution in [1.29, 1.82) is 0 Å². The monoisotopic (exact) mass is 399 g/mol. The molecule has 19 heavy (non-hydrogen) atoms. The molecular weight excluding hydrogens is 388 g/mol. The van der Waals surface area contributed by atoms with E-state index in [-0.39, 0.29) is 17.2 Å². The van der Waals surface area contributed by atoms with Crippen LogP contribution >= 0.6 is 31.9 Å². The van der Waals surface area contributed by atoms with Crippen LogP contribution in [0.5, 0.6) is 5.75 Å². The minimum atomic E-state index is -2.91. The highest BCUT2D eigenvalue weighted by atomic mass is 79.9. The molecule has 0 unspecified atom stereocenters. The van der Waals surface area contributed by atoms with E-state index in [2.05, 4.69) is 41.9 Å². The van der Waals surface area contributed by atoms with E-state index < -0.39 is 12.2 Å². The molecule has 0 fully saturated rings. The Morgan fingerprint density at radius 3 is 2.58 bits per heavy atom. The van der Waals surface area contributed by atoms with Crippen molar-refractivity contribution in [1.82, 2.24) is 5.32 Å². The Morgan fingerprint density at radius 2 is 2.05 bits per heavy atom. The molecule has 0 aliphatic rings. The number of carbonyl (C=O) groups excluding carboxylic acids is 1. The average Bonchev–Trinajstić information content (AvgIpc) is 2.38. The maximum absolute atomic E-state index is 12.1. The van der Waals surface area contributed by atoms with Gasteiger partial charge in [0, 0.05) is 16.2 Å². The van der Waals surface area contributed by atoms with E-state index in [4.69, 9.17) is 0 Å². The van der Waals surface area contributed by atoms with Crippen LogP contribution in [0.4, 0.5) is 8.78 Å². The Bertz CT molecular complexity index is 439. The third-order valence-electron chi connectivity index (χ3n) is 2.33. The van der Waals surface area contributed by atoms with Crippen LogP contribution < -0.4 is 10.1 Å². The van der Waals surface area contributed by atoms with Gasteiger partial charge in [0.2, 0.25) is 0 Å². The van der Waals surface area contributed by atoms with E-state index in [0.717, 1.165) is 0 Å². The summed E-state index contributed by atoms with van der Waals surface area (Å²) in [6.07, 6.45) is 0. The molecule has 0 saturated heterocycles. The van der Waals surface area contributed by atoms with Gasteiger partial charge in [0.1, 0.15) is 5.75 Å². The smallest absolute Gasteiger partial charge is 0.387 e. The molecule has 7 heteroatoms. The molecule has 106 valence electrons. The van der Waals surface area contributed by atoms with Gasteiger partial charge in [-0.3, -0.25) is 4.79 Å². The van der Waals surface area contributed by atoms with Gasteiger partial charge in [-0.05, 0) is 25.1 Å². The van der Waals surface area contributed by atoms with Crippen molar-refractivity contribution in [3.63, 3.8) is 0 Å². The lowest BCUT2D eigenvalue weighted by Crippen LogP contribution is -2.48. The van der Waals surface area contributed by atoms with Crippen LogP contribution in [-0.4, -0.2) is 28.7 Å². The number of rotatable bonds is 6. The molecule has 0 aliphatic heterocycles. The number of amides is 1. The van der Waals surface area contributed by atoms with E-state index in [9.17, 15) is 13.6 Å². The van der Waals surface area contributed by atoms with Crippen molar-refractivity contribution >= 4 is 37.8 Å². The molecule has 1 amide bonds. The zero-order valence-corrected chi connectivity index (χ0v) is 13.3. The Morgan fingerprint density at radius 1 is 1.42 bits per heavy atom. The highest BCUT2D eigenvalue weighted by Crippen LogP contribution is 2.18. The largest absolute Gasteiger partial charge is 0.435 e. The minimum absolute atomic E-state index is 0.0398. The third-order valence-corrected chi connectivity index (χ3v) is 4.80. The Kier molecular flexibility index (Phi) is 6.19. The lowest BCUT2D eigenvalue weighted by molar-refractivity contribution is -0.0498. The first-order valence-electron chi connectivity index (χ1n) is 5.39. The van der Waals surface area contributed by atoms with Gasteiger partial charge < -0.3 is 10.1 Å². The molecule has 1 aromatic carbocycles. The van der Waals surface area contributed by atoms with Crippen LogP contribution in [0.15, 0.2) is 24.3 Å². The zero-order chi connectivity index (χ0) is 14.5. The van der Waals surface area contributed by atoms with Crippen molar-refractivity contribution in [3.8, 4) is 5.75 Å². The van der Waals surface area contributed by atoms with E-state index in [1.807, 2.05) is 6.92 Å². The topological polar surface area (TPSA) is 38.3 Å². The number of alkyl halides is 4. The van der Waals surface area contributed by atoms with Crippen molar-refractivity contribution < 1.29 is 18.3 Å². The van der Waals surface area contributed by atoms with E-state index in [0.29, 0.717) is 10.7 Å². The van der Waals surface area contributed by atoms with Crippen molar-refractivity contribution in [2.45, 2.75) is 19.1 Å². The fourth-order valence-corrected chi connectivity index (χ4v) is 2.47. The molecule has 0 aromatic heterocycles. The molecule has 0 saturated carbocycles. The van der Waals surface area contributed by atoms with Crippen LogP contribution in [0.1, 0.15) is 17.3 Å².